The van der Waals surface area contributed by atoms with Crippen molar-refractivity contribution in [3.05, 3.63) is 35.9 Å². The van der Waals surface area contributed by atoms with Gasteiger partial charge in [0.15, 0.2) is 5.78 Å². The highest BCUT2D eigenvalue weighted by Gasteiger charge is 2.13. The molecule has 0 radical (unpaired) electrons. The fourth-order valence-corrected chi connectivity index (χ4v) is 1.34. The highest BCUT2D eigenvalue weighted by molar-refractivity contribution is 5.98. The molecule has 5 nitrogen and oxygen atoms in total. The van der Waals surface area contributed by atoms with E-state index in [-0.39, 0.29) is 18.2 Å². The number of carbonyl (C=O) groups excluding carboxylic acids is 2. The molecule has 0 fully saturated rings. The second-order valence-corrected chi connectivity index (χ2v) is 4.44. The molecule has 0 aromatic heterocycles. The van der Waals surface area contributed by atoms with Gasteiger partial charge in [-0.05, 0) is 6.92 Å². The largest absolute Gasteiger partial charge is 0.369 e. The second kappa shape index (κ2) is 7.43. The van der Waals surface area contributed by atoms with Crippen molar-refractivity contribution in [1.29, 1.82) is 0 Å². The first-order valence-electron chi connectivity index (χ1n) is 6.07. The molecule has 102 valence electrons. The summed E-state index contributed by atoms with van der Waals surface area (Å²) in [5.41, 5.74) is 0.631. The van der Waals surface area contributed by atoms with Crippen LogP contribution in [0.25, 0.3) is 0 Å². The van der Waals surface area contributed by atoms with Crippen LogP contribution in [-0.2, 0) is 4.79 Å². The molecule has 0 saturated carbocycles. The maximum absolute atomic E-state index is 11.8. The highest BCUT2D eigenvalue weighted by atomic mass is 16.2. The third-order valence-corrected chi connectivity index (χ3v) is 2.45. The Kier molecular flexibility index (Phi) is 5.89. The smallest absolute Gasteiger partial charge is 0.263 e. The van der Waals surface area contributed by atoms with E-state index in [1.165, 1.54) is 6.34 Å². The maximum Gasteiger partial charge on any atom is 0.263 e. The van der Waals surface area contributed by atoms with Crippen molar-refractivity contribution in [2.45, 2.75) is 13.0 Å². The van der Waals surface area contributed by atoms with E-state index in [1.807, 2.05) is 18.2 Å². The van der Waals surface area contributed by atoms with Gasteiger partial charge in [0.1, 0.15) is 0 Å². The summed E-state index contributed by atoms with van der Waals surface area (Å²) in [7, 11) is 3.57. The first-order valence-corrected chi connectivity index (χ1v) is 6.07. The number of hydrogen-bond donors (Lipinski definition) is 1. The quantitative estimate of drug-likeness (QED) is 0.471. The summed E-state index contributed by atoms with van der Waals surface area (Å²) in [6, 6.07) is 8.49. The van der Waals surface area contributed by atoms with Crippen LogP contribution in [0, 0.1) is 0 Å². The normalized spacial score (nSPS) is 12.4. The summed E-state index contributed by atoms with van der Waals surface area (Å²) in [5.74, 6) is -0.341. The van der Waals surface area contributed by atoms with E-state index in [2.05, 4.69) is 10.3 Å². The van der Waals surface area contributed by atoms with Gasteiger partial charge in [0, 0.05) is 19.7 Å². The Morgan fingerprint density at radius 2 is 1.95 bits per heavy atom. The molecule has 1 aromatic carbocycles. The van der Waals surface area contributed by atoms with E-state index in [9.17, 15) is 9.59 Å². The van der Waals surface area contributed by atoms with Crippen LogP contribution >= 0.6 is 0 Å². The number of hydrogen-bond acceptors (Lipinski definition) is 3. The van der Waals surface area contributed by atoms with E-state index in [0.29, 0.717) is 5.56 Å². The van der Waals surface area contributed by atoms with Gasteiger partial charge in [-0.3, -0.25) is 14.9 Å². The van der Waals surface area contributed by atoms with E-state index in [1.54, 1.807) is 38.1 Å². The van der Waals surface area contributed by atoms with Gasteiger partial charge in [-0.25, -0.2) is 4.99 Å². The molecule has 0 spiro atoms. The van der Waals surface area contributed by atoms with Crippen molar-refractivity contribution >= 4 is 18.0 Å². The van der Waals surface area contributed by atoms with Gasteiger partial charge in [-0.15, -0.1) is 0 Å². The van der Waals surface area contributed by atoms with Crippen molar-refractivity contribution in [3.63, 3.8) is 0 Å². The third kappa shape index (κ3) is 5.44. The molecule has 0 saturated heterocycles. The summed E-state index contributed by atoms with van der Waals surface area (Å²) in [6.45, 7) is 1.81. The lowest BCUT2D eigenvalue weighted by atomic mass is 10.1. The molecule has 0 heterocycles. The van der Waals surface area contributed by atoms with Gasteiger partial charge in [0.05, 0.1) is 18.9 Å². The molecule has 1 N–H and O–H groups in total. The van der Waals surface area contributed by atoms with Crippen LogP contribution in [-0.4, -0.2) is 49.6 Å². The monoisotopic (exact) mass is 261 g/mol. The fraction of sp³-hybridized carbons (Fsp3) is 0.357. The van der Waals surface area contributed by atoms with Gasteiger partial charge in [-0.1, -0.05) is 30.3 Å². The molecule has 0 aliphatic heterocycles. The van der Waals surface area contributed by atoms with Crippen LogP contribution < -0.4 is 5.32 Å². The lowest BCUT2D eigenvalue weighted by molar-refractivity contribution is -0.119. The molecule has 0 aliphatic carbocycles. The van der Waals surface area contributed by atoms with Crippen molar-refractivity contribution in [2.24, 2.45) is 4.99 Å². The van der Waals surface area contributed by atoms with Gasteiger partial charge < -0.3 is 4.90 Å². The molecule has 19 heavy (non-hydrogen) atoms. The average molecular weight is 261 g/mol. The summed E-state index contributed by atoms with van der Waals surface area (Å²) in [5, 5.41) is 2.87. The van der Waals surface area contributed by atoms with Crippen LogP contribution in [0.1, 0.15) is 17.3 Å². The van der Waals surface area contributed by atoms with Crippen LogP contribution in [0.15, 0.2) is 35.3 Å². The zero-order valence-corrected chi connectivity index (χ0v) is 11.5. The Morgan fingerprint density at radius 3 is 2.53 bits per heavy atom. The minimum Gasteiger partial charge on any atom is -0.369 e. The second-order valence-electron chi connectivity index (χ2n) is 4.44. The topological polar surface area (TPSA) is 61.8 Å². The van der Waals surface area contributed by atoms with Crippen LogP contribution in [0.5, 0.6) is 0 Å². The molecule has 0 bridgehead atoms. The number of aliphatic imine (C=N–C) groups is 1. The van der Waals surface area contributed by atoms with E-state index in [4.69, 9.17) is 0 Å². The van der Waals surface area contributed by atoms with Crippen molar-refractivity contribution in [3.8, 4) is 0 Å². The maximum atomic E-state index is 11.8. The molecular formula is C14H19N3O2. The molecule has 1 amide bonds. The minimum absolute atomic E-state index is 0.0446. The lowest BCUT2D eigenvalue weighted by Crippen LogP contribution is -2.37. The average Bonchev–Trinajstić information content (AvgIpc) is 2.42. The van der Waals surface area contributed by atoms with Gasteiger partial charge in [0.25, 0.3) is 5.91 Å². The fourth-order valence-electron chi connectivity index (χ4n) is 1.34. The molecule has 0 aliphatic rings. The summed E-state index contributed by atoms with van der Waals surface area (Å²) >= 11 is 0. The third-order valence-electron chi connectivity index (χ3n) is 2.45. The number of nitrogens with zero attached hydrogens (tertiary/aromatic N) is 2. The summed E-state index contributed by atoms with van der Waals surface area (Å²) in [4.78, 5) is 28.9. The molecular weight excluding hydrogens is 242 g/mol. The zero-order chi connectivity index (χ0) is 14.3. The SMILES string of the molecule is C[C@H](NCC(=O)c1ccccc1)C(=O)N=CN(C)C. The van der Waals surface area contributed by atoms with Crippen molar-refractivity contribution in [2.75, 3.05) is 20.6 Å². The van der Waals surface area contributed by atoms with Crippen molar-refractivity contribution in [1.82, 2.24) is 10.2 Å². The highest BCUT2D eigenvalue weighted by Crippen LogP contribution is 1.99. The number of amides is 1. The van der Waals surface area contributed by atoms with Gasteiger partial charge >= 0.3 is 0 Å². The summed E-state index contributed by atoms with van der Waals surface area (Å²) in [6.07, 6.45) is 1.44. The summed E-state index contributed by atoms with van der Waals surface area (Å²) < 4.78 is 0. The Hall–Kier alpha value is -2.01. The molecule has 1 rings (SSSR count). The number of benzene rings is 1. The zero-order valence-electron chi connectivity index (χ0n) is 11.5. The predicted octanol–water partition coefficient (Wildman–Crippen LogP) is 0.964. The van der Waals surface area contributed by atoms with Gasteiger partial charge in [0.2, 0.25) is 0 Å². The molecule has 5 heteroatoms. The van der Waals surface area contributed by atoms with E-state index < -0.39 is 6.04 Å². The van der Waals surface area contributed by atoms with E-state index in [0.717, 1.165) is 0 Å². The molecule has 1 aromatic rings. The number of carbonyl (C=O) groups is 2. The minimum atomic E-state index is -0.483. The lowest BCUT2D eigenvalue weighted by Gasteiger charge is -2.10. The number of Topliss-reactive ketones (excluding diaryl/α,β-unsaturated/α-hetero) is 1. The molecule has 0 unspecified atom stereocenters. The first-order chi connectivity index (χ1) is 9.00. The van der Waals surface area contributed by atoms with Crippen LogP contribution in [0.2, 0.25) is 0 Å². The van der Waals surface area contributed by atoms with Crippen molar-refractivity contribution < 1.29 is 9.59 Å². The Bertz CT molecular complexity index is 455. The Balaban J connectivity index is 2.44. The predicted molar refractivity (Wildman–Crippen MR) is 75.4 cm³/mol. The van der Waals surface area contributed by atoms with Crippen LogP contribution in [0.3, 0.4) is 0 Å². The van der Waals surface area contributed by atoms with Gasteiger partial charge in [-0.2, -0.15) is 0 Å². The first kappa shape index (κ1) is 15.0. The Labute approximate surface area is 113 Å². The Morgan fingerprint density at radius 1 is 1.32 bits per heavy atom. The number of rotatable bonds is 6. The number of nitrogens with one attached hydrogen (secondary N) is 1. The number of ketones is 1. The standard InChI is InChI=1S/C14H19N3O2/c1-11(14(19)16-10-17(2)3)15-9-13(18)12-7-5-4-6-8-12/h4-8,10-11,15H,9H2,1-3H3/t11-/m0/s1. The van der Waals surface area contributed by atoms with E-state index >= 15 is 0 Å². The molecule has 1 atom stereocenters. The van der Waals surface area contributed by atoms with Crippen LogP contribution in [0.4, 0.5) is 0 Å².